The van der Waals surface area contributed by atoms with E-state index in [2.05, 4.69) is 13.8 Å². The Labute approximate surface area is 125 Å². The summed E-state index contributed by atoms with van der Waals surface area (Å²) < 4.78 is 0. The van der Waals surface area contributed by atoms with Crippen LogP contribution in [0.15, 0.2) is 0 Å². The molecule has 2 saturated carbocycles. The van der Waals surface area contributed by atoms with E-state index in [9.17, 15) is 20.2 Å². The monoisotopic (exact) mass is 298 g/mol. The van der Waals surface area contributed by atoms with Crippen LogP contribution in [-0.2, 0) is 0 Å². The SMILES string of the molecule is CC(C)(C1CCC([N+](=O)[O-])CC1)C1CCC([N+](=O)[O-])CC1. The van der Waals surface area contributed by atoms with E-state index in [1.54, 1.807) is 0 Å². The van der Waals surface area contributed by atoms with Crippen molar-refractivity contribution in [1.29, 1.82) is 0 Å². The highest BCUT2D eigenvalue weighted by atomic mass is 16.6. The Morgan fingerprint density at radius 3 is 1.24 bits per heavy atom. The summed E-state index contributed by atoms with van der Waals surface area (Å²) in [5.41, 5.74) is 0.142. The topological polar surface area (TPSA) is 86.3 Å². The molecule has 0 atom stereocenters. The Kier molecular flexibility index (Phi) is 4.84. The first-order valence-corrected chi connectivity index (χ1v) is 8.09. The van der Waals surface area contributed by atoms with Gasteiger partial charge < -0.3 is 0 Å². The van der Waals surface area contributed by atoms with Crippen LogP contribution in [0, 0.1) is 37.5 Å². The smallest absolute Gasteiger partial charge is 0.213 e. The minimum atomic E-state index is -0.359. The van der Waals surface area contributed by atoms with Crippen LogP contribution in [0.5, 0.6) is 0 Å². The molecule has 0 aromatic heterocycles. The molecule has 6 heteroatoms. The van der Waals surface area contributed by atoms with Crippen LogP contribution in [0.25, 0.3) is 0 Å². The first-order chi connectivity index (χ1) is 9.82. The van der Waals surface area contributed by atoms with Gasteiger partial charge in [0.25, 0.3) is 0 Å². The third kappa shape index (κ3) is 3.52. The van der Waals surface area contributed by atoms with E-state index in [1.165, 1.54) is 0 Å². The van der Waals surface area contributed by atoms with E-state index in [0.717, 1.165) is 25.7 Å². The molecule has 21 heavy (non-hydrogen) atoms. The molecule has 0 amide bonds. The van der Waals surface area contributed by atoms with Crippen LogP contribution in [-0.4, -0.2) is 21.9 Å². The first kappa shape index (κ1) is 16.2. The minimum Gasteiger partial charge on any atom is -0.264 e. The van der Waals surface area contributed by atoms with Crippen LogP contribution in [0.1, 0.15) is 65.2 Å². The van der Waals surface area contributed by atoms with Gasteiger partial charge in [-0.05, 0) is 42.9 Å². The highest BCUT2D eigenvalue weighted by Gasteiger charge is 2.43. The predicted octanol–water partition coefficient (Wildman–Crippen LogP) is 3.68. The summed E-state index contributed by atoms with van der Waals surface area (Å²) in [6.45, 7) is 4.53. The fraction of sp³-hybridized carbons (Fsp3) is 1.00. The van der Waals surface area contributed by atoms with E-state index in [-0.39, 0.29) is 27.3 Å². The average Bonchev–Trinajstić information content (AvgIpc) is 2.47. The Hall–Kier alpha value is -1.20. The van der Waals surface area contributed by atoms with Gasteiger partial charge in [0.05, 0.1) is 0 Å². The molecule has 6 nitrogen and oxygen atoms in total. The van der Waals surface area contributed by atoms with Crippen LogP contribution >= 0.6 is 0 Å². The lowest BCUT2D eigenvalue weighted by Gasteiger charge is -2.45. The highest BCUT2D eigenvalue weighted by molar-refractivity contribution is 4.90. The van der Waals surface area contributed by atoms with Gasteiger partial charge in [0.2, 0.25) is 12.1 Å². The Balaban J connectivity index is 1.90. The van der Waals surface area contributed by atoms with Gasteiger partial charge in [0.1, 0.15) is 0 Å². The normalized spacial score (nSPS) is 34.4. The van der Waals surface area contributed by atoms with E-state index in [1.807, 2.05) is 0 Å². The second kappa shape index (κ2) is 6.28. The lowest BCUT2D eigenvalue weighted by atomic mass is 9.60. The first-order valence-electron chi connectivity index (χ1n) is 8.09. The maximum atomic E-state index is 10.9. The van der Waals surface area contributed by atoms with Gasteiger partial charge in [-0.2, -0.15) is 0 Å². The van der Waals surface area contributed by atoms with Gasteiger partial charge in [-0.3, -0.25) is 20.2 Å². The third-order valence-electron chi connectivity index (χ3n) is 6.09. The lowest BCUT2D eigenvalue weighted by Crippen LogP contribution is -2.40. The Morgan fingerprint density at radius 2 is 1.00 bits per heavy atom. The van der Waals surface area contributed by atoms with E-state index < -0.39 is 0 Å². The molecule has 2 aliphatic rings. The Bertz CT molecular complexity index is 358. The number of nitrogens with zero attached hydrogens (tertiary/aromatic N) is 2. The van der Waals surface area contributed by atoms with Crippen LogP contribution in [0.3, 0.4) is 0 Å². The molecular formula is C15H26N2O4. The van der Waals surface area contributed by atoms with Crippen molar-refractivity contribution in [3.8, 4) is 0 Å². The van der Waals surface area contributed by atoms with E-state index >= 15 is 0 Å². The molecule has 120 valence electrons. The van der Waals surface area contributed by atoms with Crippen molar-refractivity contribution in [2.24, 2.45) is 17.3 Å². The lowest BCUT2D eigenvalue weighted by molar-refractivity contribution is -0.528. The molecular weight excluding hydrogens is 272 g/mol. The minimum absolute atomic E-state index is 0.133. The fourth-order valence-corrected chi connectivity index (χ4v) is 4.39. The molecule has 0 aromatic rings. The van der Waals surface area contributed by atoms with Crippen LogP contribution in [0.2, 0.25) is 0 Å². The zero-order valence-electron chi connectivity index (χ0n) is 13.0. The molecule has 0 saturated heterocycles. The van der Waals surface area contributed by atoms with E-state index in [4.69, 9.17) is 0 Å². The predicted molar refractivity (Wildman–Crippen MR) is 79.3 cm³/mol. The number of rotatable bonds is 4. The number of nitro groups is 2. The second-order valence-electron chi connectivity index (χ2n) is 7.40. The molecule has 2 aliphatic carbocycles. The van der Waals surface area contributed by atoms with Gasteiger partial charge in [-0.15, -0.1) is 0 Å². The second-order valence-corrected chi connectivity index (χ2v) is 7.40. The standard InChI is InChI=1S/C15H26N2O4/c1-15(2,11-3-7-13(8-4-11)16(18)19)12-5-9-14(10-6-12)17(20)21/h11-14H,3-10H2,1-2H3. The summed E-state index contributed by atoms with van der Waals surface area (Å²) in [6.07, 6.45) is 6.44. The van der Waals surface area contributed by atoms with Crippen molar-refractivity contribution in [2.45, 2.75) is 77.3 Å². The van der Waals surface area contributed by atoms with Gasteiger partial charge in [0.15, 0.2) is 0 Å². The molecule has 0 bridgehead atoms. The quantitative estimate of drug-likeness (QED) is 0.585. The maximum absolute atomic E-state index is 10.9. The molecule has 0 N–H and O–H groups in total. The van der Waals surface area contributed by atoms with Crippen LogP contribution < -0.4 is 0 Å². The zero-order valence-corrected chi connectivity index (χ0v) is 13.0. The summed E-state index contributed by atoms with van der Waals surface area (Å²) in [5, 5.41) is 21.7. The molecule has 0 spiro atoms. The average molecular weight is 298 g/mol. The van der Waals surface area contributed by atoms with Crippen LogP contribution in [0.4, 0.5) is 0 Å². The Morgan fingerprint density at radius 1 is 0.714 bits per heavy atom. The molecule has 0 heterocycles. The fourth-order valence-electron chi connectivity index (χ4n) is 4.39. The molecule has 0 radical (unpaired) electrons. The van der Waals surface area contributed by atoms with Crippen molar-refractivity contribution < 1.29 is 9.85 Å². The van der Waals surface area contributed by atoms with E-state index in [0.29, 0.717) is 37.5 Å². The van der Waals surface area contributed by atoms with Crippen molar-refractivity contribution in [1.82, 2.24) is 0 Å². The highest BCUT2D eigenvalue weighted by Crippen LogP contribution is 2.48. The third-order valence-corrected chi connectivity index (χ3v) is 6.09. The summed E-state index contributed by atoms with van der Waals surface area (Å²) in [4.78, 5) is 21.4. The molecule has 0 aliphatic heterocycles. The number of hydrogen-bond donors (Lipinski definition) is 0. The molecule has 2 rings (SSSR count). The largest absolute Gasteiger partial charge is 0.264 e. The van der Waals surface area contributed by atoms with Gasteiger partial charge >= 0.3 is 0 Å². The van der Waals surface area contributed by atoms with Gasteiger partial charge in [-0.1, -0.05) is 13.8 Å². The molecule has 2 fully saturated rings. The van der Waals surface area contributed by atoms with Crippen molar-refractivity contribution in [3.63, 3.8) is 0 Å². The van der Waals surface area contributed by atoms with Gasteiger partial charge in [0, 0.05) is 35.5 Å². The van der Waals surface area contributed by atoms with Crippen molar-refractivity contribution in [2.75, 3.05) is 0 Å². The summed E-state index contributed by atoms with van der Waals surface area (Å²) in [6, 6.07) is -0.718. The molecule has 0 unspecified atom stereocenters. The van der Waals surface area contributed by atoms with Gasteiger partial charge in [-0.25, -0.2) is 0 Å². The van der Waals surface area contributed by atoms with Crippen molar-refractivity contribution >= 4 is 0 Å². The molecule has 0 aromatic carbocycles. The van der Waals surface area contributed by atoms with Crippen molar-refractivity contribution in [3.05, 3.63) is 20.2 Å². The summed E-state index contributed by atoms with van der Waals surface area (Å²) >= 11 is 0. The summed E-state index contributed by atoms with van der Waals surface area (Å²) in [5.74, 6) is 1.04. The number of hydrogen-bond acceptors (Lipinski definition) is 4. The zero-order chi connectivity index (χ0) is 15.6. The maximum Gasteiger partial charge on any atom is 0.213 e. The summed E-state index contributed by atoms with van der Waals surface area (Å²) in [7, 11) is 0.